The van der Waals surface area contributed by atoms with E-state index in [1.807, 2.05) is 0 Å². The van der Waals surface area contributed by atoms with Gasteiger partial charge in [0.1, 0.15) is 0 Å². The lowest BCUT2D eigenvalue weighted by molar-refractivity contribution is -0.134. The fourth-order valence-electron chi connectivity index (χ4n) is 1.90. The summed E-state index contributed by atoms with van der Waals surface area (Å²) >= 11 is 3.22. The van der Waals surface area contributed by atoms with Crippen LogP contribution in [0, 0.1) is 0 Å². The van der Waals surface area contributed by atoms with Crippen molar-refractivity contribution in [3.05, 3.63) is 0 Å². The normalized spacial score (nSPS) is 23.2. The first-order valence-electron chi connectivity index (χ1n) is 5.38. The smallest absolute Gasteiger partial charge is 0.212 e. The van der Waals surface area contributed by atoms with Gasteiger partial charge in [-0.15, -0.1) is 0 Å². The summed E-state index contributed by atoms with van der Waals surface area (Å²) in [4.78, 5) is 0. The Morgan fingerprint density at radius 3 is 2.53 bits per heavy atom. The second-order valence-corrected chi connectivity index (χ2v) is 6.78. The van der Waals surface area contributed by atoms with Gasteiger partial charge in [-0.25, -0.2) is 8.42 Å². The van der Waals surface area contributed by atoms with Crippen LogP contribution in [-0.4, -0.2) is 42.6 Å². The highest BCUT2D eigenvalue weighted by Crippen LogP contribution is 2.25. The molecule has 102 valence electrons. The minimum absolute atomic E-state index is 0.106. The largest absolute Gasteiger partial charge is 0.389 e. The third kappa shape index (κ3) is 4.75. The Morgan fingerprint density at radius 1 is 1.35 bits per heavy atom. The number of halogens is 4. The Kier molecular flexibility index (Phi) is 5.27. The van der Waals surface area contributed by atoms with E-state index in [2.05, 4.69) is 15.9 Å². The zero-order valence-corrected chi connectivity index (χ0v) is 11.6. The van der Waals surface area contributed by atoms with Crippen molar-refractivity contribution < 1.29 is 21.6 Å². The summed E-state index contributed by atoms with van der Waals surface area (Å²) in [6, 6.07) is -0.106. The van der Waals surface area contributed by atoms with E-state index >= 15 is 0 Å². The summed E-state index contributed by atoms with van der Waals surface area (Å²) in [6.07, 6.45) is -4.15. The van der Waals surface area contributed by atoms with Crippen molar-refractivity contribution in [2.75, 3.05) is 17.6 Å². The Balaban J connectivity index is 2.51. The number of alkyl halides is 4. The van der Waals surface area contributed by atoms with Crippen LogP contribution in [0.3, 0.4) is 0 Å². The maximum atomic E-state index is 11.9. The first kappa shape index (κ1) is 15.2. The number of sulfonamides is 1. The molecule has 1 aliphatic heterocycles. The lowest BCUT2D eigenvalue weighted by Gasteiger charge is -2.22. The van der Waals surface area contributed by atoms with Crippen LogP contribution in [0.15, 0.2) is 0 Å². The van der Waals surface area contributed by atoms with Crippen LogP contribution in [0.1, 0.15) is 25.7 Å². The first-order valence-corrected chi connectivity index (χ1v) is 8.11. The van der Waals surface area contributed by atoms with Crippen molar-refractivity contribution >= 4 is 26.0 Å². The Morgan fingerprint density at radius 2 is 2.00 bits per heavy atom. The monoisotopic (exact) mass is 337 g/mol. The number of hydrogen-bond acceptors (Lipinski definition) is 2. The summed E-state index contributed by atoms with van der Waals surface area (Å²) < 4.78 is 60.8. The molecule has 0 amide bonds. The highest BCUT2D eigenvalue weighted by Gasteiger charge is 2.34. The summed E-state index contributed by atoms with van der Waals surface area (Å²) in [7, 11) is -3.54. The average Bonchev–Trinajstić information content (AvgIpc) is 2.63. The molecule has 0 aromatic rings. The molecule has 1 heterocycles. The molecular formula is C9H15BrF3NO2S. The van der Waals surface area contributed by atoms with Crippen molar-refractivity contribution in [2.45, 2.75) is 37.9 Å². The van der Waals surface area contributed by atoms with Gasteiger partial charge in [-0.1, -0.05) is 15.9 Å². The van der Waals surface area contributed by atoms with Crippen molar-refractivity contribution in [2.24, 2.45) is 0 Å². The van der Waals surface area contributed by atoms with Crippen molar-refractivity contribution in [3.63, 3.8) is 0 Å². The molecule has 0 spiro atoms. The van der Waals surface area contributed by atoms with E-state index in [1.54, 1.807) is 0 Å². The van der Waals surface area contributed by atoms with Crippen molar-refractivity contribution in [1.82, 2.24) is 4.31 Å². The molecule has 0 saturated carbocycles. The second kappa shape index (κ2) is 5.88. The quantitative estimate of drug-likeness (QED) is 0.723. The van der Waals surface area contributed by atoms with Gasteiger partial charge in [0, 0.05) is 24.3 Å². The molecule has 1 fully saturated rings. The lowest BCUT2D eigenvalue weighted by atomic mass is 10.3. The highest BCUT2D eigenvalue weighted by atomic mass is 79.9. The Labute approximate surface area is 108 Å². The molecule has 0 aromatic carbocycles. The summed E-state index contributed by atoms with van der Waals surface area (Å²) in [5, 5.41) is 0.533. The molecule has 0 radical (unpaired) electrons. The molecule has 8 heteroatoms. The van der Waals surface area contributed by atoms with E-state index in [9.17, 15) is 21.6 Å². The average molecular weight is 338 g/mol. The third-order valence-electron chi connectivity index (χ3n) is 2.72. The first-order chi connectivity index (χ1) is 7.76. The molecule has 0 aromatic heterocycles. The summed E-state index contributed by atoms with van der Waals surface area (Å²) in [5.41, 5.74) is 0. The van der Waals surface area contributed by atoms with Gasteiger partial charge in [-0.2, -0.15) is 17.5 Å². The van der Waals surface area contributed by atoms with E-state index in [4.69, 9.17) is 0 Å². The van der Waals surface area contributed by atoms with Gasteiger partial charge in [0.15, 0.2) is 0 Å². The maximum Gasteiger partial charge on any atom is 0.389 e. The highest BCUT2D eigenvalue weighted by molar-refractivity contribution is 9.09. The van der Waals surface area contributed by atoms with E-state index in [1.165, 1.54) is 4.31 Å². The van der Waals surface area contributed by atoms with Crippen LogP contribution in [0.4, 0.5) is 13.2 Å². The SMILES string of the molecule is O=S(=O)(CCCC(F)(F)F)N1CCCC1CBr. The van der Waals surface area contributed by atoms with Crippen LogP contribution >= 0.6 is 15.9 Å². The zero-order valence-electron chi connectivity index (χ0n) is 9.21. The summed E-state index contributed by atoms with van der Waals surface area (Å²) in [6.45, 7) is 0.421. The Bertz CT molecular complexity index is 345. The van der Waals surface area contributed by atoms with Crippen LogP contribution in [-0.2, 0) is 10.0 Å². The predicted molar refractivity (Wildman–Crippen MR) is 62.6 cm³/mol. The fraction of sp³-hybridized carbons (Fsp3) is 1.00. The van der Waals surface area contributed by atoms with E-state index in [0.717, 1.165) is 12.8 Å². The van der Waals surface area contributed by atoms with E-state index < -0.39 is 28.4 Å². The topological polar surface area (TPSA) is 37.4 Å². The van der Waals surface area contributed by atoms with Crippen LogP contribution in [0.2, 0.25) is 0 Å². The van der Waals surface area contributed by atoms with Crippen LogP contribution in [0.25, 0.3) is 0 Å². The minimum atomic E-state index is -4.28. The molecular weight excluding hydrogens is 323 g/mol. The molecule has 1 atom stereocenters. The molecule has 1 saturated heterocycles. The van der Waals surface area contributed by atoms with Crippen molar-refractivity contribution in [3.8, 4) is 0 Å². The van der Waals surface area contributed by atoms with Gasteiger partial charge in [-0.3, -0.25) is 0 Å². The molecule has 17 heavy (non-hydrogen) atoms. The second-order valence-electron chi connectivity index (χ2n) is 4.10. The van der Waals surface area contributed by atoms with Gasteiger partial charge in [0.05, 0.1) is 5.75 Å². The van der Waals surface area contributed by atoms with Gasteiger partial charge in [0.2, 0.25) is 10.0 Å². The molecule has 1 rings (SSSR count). The maximum absolute atomic E-state index is 11.9. The molecule has 0 aliphatic carbocycles. The fourth-order valence-corrected chi connectivity index (χ4v) is 4.55. The van der Waals surface area contributed by atoms with Crippen molar-refractivity contribution in [1.29, 1.82) is 0 Å². The van der Waals surface area contributed by atoms with Gasteiger partial charge in [0.25, 0.3) is 0 Å². The van der Waals surface area contributed by atoms with Crippen LogP contribution < -0.4 is 0 Å². The third-order valence-corrected chi connectivity index (χ3v) is 5.47. The summed E-state index contributed by atoms with van der Waals surface area (Å²) in [5.74, 6) is -0.421. The number of hydrogen-bond donors (Lipinski definition) is 0. The van der Waals surface area contributed by atoms with Gasteiger partial charge >= 0.3 is 6.18 Å². The predicted octanol–water partition coefficient (Wildman–Crippen LogP) is 2.52. The van der Waals surface area contributed by atoms with Gasteiger partial charge in [-0.05, 0) is 19.3 Å². The minimum Gasteiger partial charge on any atom is -0.212 e. The molecule has 3 nitrogen and oxygen atoms in total. The van der Waals surface area contributed by atoms with E-state index in [-0.39, 0.29) is 12.5 Å². The lowest BCUT2D eigenvalue weighted by Crippen LogP contribution is -2.38. The van der Waals surface area contributed by atoms with E-state index in [0.29, 0.717) is 11.9 Å². The number of nitrogens with zero attached hydrogens (tertiary/aromatic N) is 1. The molecule has 1 unspecified atom stereocenters. The van der Waals surface area contributed by atoms with Crippen LogP contribution in [0.5, 0.6) is 0 Å². The number of rotatable bonds is 5. The Hall–Kier alpha value is 0.180. The zero-order chi connectivity index (χ0) is 13.1. The molecule has 0 bridgehead atoms. The van der Waals surface area contributed by atoms with Gasteiger partial charge < -0.3 is 0 Å². The molecule has 0 N–H and O–H groups in total. The standard InChI is InChI=1S/C9H15BrF3NO2S/c10-7-8-3-1-5-14(8)17(15,16)6-2-4-9(11,12)13/h8H,1-7H2. The molecule has 1 aliphatic rings.